The number of aliphatic carboxylic acids is 1. The molecule has 0 heterocycles. The van der Waals surface area contributed by atoms with Crippen LogP contribution in [-0.2, 0) is 4.79 Å². The van der Waals surface area contributed by atoms with E-state index in [1.165, 1.54) is 36.0 Å². The maximum atomic E-state index is 10.7. The molecule has 26 heavy (non-hydrogen) atoms. The molecule has 1 N–H and O–H groups in total. The molecule has 0 aromatic heterocycles. The van der Waals surface area contributed by atoms with Crippen LogP contribution in [0.5, 0.6) is 0 Å². The van der Waals surface area contributed by atoms with E-state index in [1.807, 2.05) is 25.2 Å². The van der Waals surface area contributed by atoms with E-state index in [0.717, 1.165) is 5.57 Å². The van der Waals surface area contributed by atoms with Crippen molar-refractivity contribution < 1.29 is 9.90 Å². The first-order valence-corrected chi connectivity index (χ1v) is 9.29. The van der Waals surface area contributed by atoms with Crippen LogP contribution in [0.2, 0.25) is 0 Å². The first kappa shape index (κ1) is 21.9. The summed E-state index contributed by atoms with van der Waals surface area (Å²) in [5, 5.41) is 8.78. The van der Waals surface area contributed by atoms with Crippen LogP contribution in [0, 0.1) is 5.41 Å². The summed E-state index contributed by atoms with van der Waals surface area (Å²) in [6.45, 7) is 12.5. The molecule has 1 aliphatic rings. The third-order valence-electron chi connectivity index (χ3n) is 4.78. The largest absolute Gasteiger partial charge is 0.480 e. The van der Waals surface area contributed by atoms with Crippen LogP contribution in [0.1, 0.15) is 60.8 Å². The van der Waals surface area contributed by atoms with Crippen LogP contribution in [-0.4, -0.2) is 23.3 Å². The van der Waals surface area contributed by atoms with Crippen molar-refractivity contribution >= 4 is 12.2 Å². The Morgan fingerprint density at radius 3 is 2.46 bits per heavy atom. The normalized spacial score (nSPS) is 20.5. The second-order valence-electron chi connectivity index (χ2n) is 7.76. The van der Waals surface area contributed by atoms with E-state index in [4.69, 9.17) is 5.11 Å². The molecule has 0 fully saturated rings. The molecular formula is C23H33NO2. The van der Waals surface area contributed by atoms with Gasteiger partial charge in [0.1, 0.15) is 6.04 Å². The Hall–Kier alpha value is -2.16. The number of aliphatic imine (C=N–C) groups is 1. The van der Waals surface area contributed by atoms with Crippen LogP contribution in [0.25, 0.3) is 0 Å². The molecular weight excluding hydrogens is 322 g/mol. The number of carbonyl (C=O) groups is 1. The summed E-state index contributed by atoms with van der Waals surface area (Å²) >= 11 is 0. The lowest BCUT2D eigenvalue weighted by Crippen LogP contribution is -2.19. The number of nitrogens with zero attached hydrogens (tertiary/aromatic N) is 1. The summed E-state index contributed by atoms with van der Waals surface area (Å²) < 4.78 is 0. The van der Waals surface area contributed by atoms with Crippen molar-refractivity contribution in [3.8, 4) is 0 Å². The summed E-state index contributed by atoms with van der Waals surface area (Å²) in [6.07, 6.45) is 17.6. The van der Waals surface area contributed by atoms with E-state index in [0.29, 0.717) is 0 Å². The van der Waals surface area contributed by atoms with Crippen LogP contribution in [0.3, 0.4) is 0 Å². The SMILES string of the molecule is CC1=C(/C=C/C(C)=C/C=C/C(C)=C/C=N\C(C)C(=O)O)C(C)(C)CCC1. The van der Waals surface area contributed by atoms with Crippen molar-refractivity contribution in [2.45, 2.75) is 66.8 Å². The fourth-order valence-electron chi connectivity index (χ4n) is 3.04. The number of carboxylic acid groups (broad SMARTS) is 1. The Balaban J connectivity index is 2.70. The summed E-state index contributed by atoms with van der Waals surface area (Å²) in [5.41, 5.74) is 5.46. The predicted octanol–water partition coefficient (Wildman–Crippen LogP) is 6.06. The first-order chi connectivity index (χ1) is 12.1. The van der Waals surface area contributed by atoms with Crippen molar-refractivity contribution in [1.82, 2.24) is 0 Å². The zero-order valence-electron chi connectivity index (χ0n) is 17.0. The Bertz CT molecular complexity index is 685. The van der Waals surface area contributed by atoms with Gasteiger partial charge in [-0.2, -0.15) is 0 Å². The van der Waals surface area contributed by atoms with Crippen LogP contribution in [0.4, 0.5) is 0 Å². The molecule has 142 valence electrons. The fourth-order valence-corrected chi connectivity index (χ4v) is 3.04. The monoisotopic (exact) mass is 355 g/mol. The number of carboxylic acids is 1. The van der Waals surface area contributed by atoms with Gasteiger partial charge in [-0.15, -0.1) is 0 Å². The van der Waals surface area contributed by atoms with Crippen LogP contribution >= 0.6 is 0 Å². The predicted molar refractivity (Wildman–Crippen MR) is 112 cm³/mol. The van der Waals surface area contributed by atoms with E-state index in [9.17, 15) is 4.79 Å². The molecule has 0 saturated carbocycles. The molecule has 0 spiro atoms. The molecule has 3 nitrogen and oxygen atoms in total. The quantitative estimate of drug-likeness (QED) is 0.445. The minimum Gasteiger partial charge on any atom is -0.480 e. The van der Waals surface area contributed by atoms with Crippen molar-refractivity contribution in [3.05, 3.63) is 58.7 Å². The molecule has 0 amide bonds. The smallest absolute Gasteiger partial charge is 0.328 e. The van der Waals surface area contributed by atoms with Gasteiger partial charge in [0.2, 0.25) is 0 Å². The molecule has 0 bridgehead atoms. The average molecular weight is 356 g/mol. The highest BCUT2D eigenvalue weighted by atomic mass is 16.4. The maximum Gasteiger partial charge on any atom is 0.328 e. The highest BCUT2D eigenvalue weighted by molar-refractivity contribution is 5.79. The van der Waals surface area contributed by atoms with E-state index in [1.54, 1.807) is 13.1 Å². The zero-order chi connectivity index (χ0) is 19.7. The van der Waals surface area contributed by atoms with E-state index in [-0.39, 0.29) is 5.41 Å². The highest BCUT2D eigenvalue weighted by Gasteiger charge is 2.26. The Kier molecular flexibility index (Phi) is 8.50. The molecule has 3 heteroatoms. The van der Waals surface area contributed by atoms with Crippen molar-refractivity contribution in [3.63, 3.8) is 0 Å². The average Bonchev–Trinajstić information content (AvgIpc) is 2.53. The number of allylic oxidation sites excluding steroid dienone is 10. The summed E-state index contributed by atoms with van der Waals surface area (Å²) in [5.74, 6) is -0.917. The minimum absolute atomic E-state index is 0.265. The number of hydrogen-bond acceptors (Lipinski definition) is 2. The standard InChI is InChI=1S/C23H33NO2/c1-17(12-13-21-19(3)11-8-15-23(21,5)6)9-7-10-18(2)14-16-24-20(4)22(25)26/h7,9-10,12-14,16,20H,8,11,15H2,1-6H3,(H,25,26)/b10-7+,13-12+,17-9+,18-14+,24-16-. The van der Waals surface area contributed by atoms with Crippen LogP contribution < -0.4 is 0 Å². The molecule has 0 aliphatic heterocycles. The Labute approximate surface area is 158 Å². The third-order valence-corrected chi connectivity index (χ3v) is 4.78. The maximum absolute atomic E-state index is 10.7. The van der Waals surface area contributed by atoms with Gasteiger partial charge in [-0.05, 0) is 69.6 Å². The van der Waals surface area contributed by atoms with E-state index >= 15 is 0 Å². The van der Waals surface area contributed by atoms with E-state index in [2.05, 4.69) is 50.9 Å². The van der Waals surface area contributed by atoms with Gasteiger partial charge >= 0.3 is 5.97 Å². The highest BCUT2D eigenvalue weighted by Crippen LogP contribution is 2.40. The lowest BCUT2D eigenvalue weighted by molar-refractivity contribution is -0.137. The van der Waals surface area contributed by atoms with Gasteiger partial charge < -0.3 is 5.11 Å². The third kappa shape index (κ3) is 7.38. The molecule has 0 radical (unpaired) electrons. The molecule has 1 unspecified atom stereocenters. The van der Waals surface area contributed by atoms with Gasteiger partial charge in [0, 0.05) is 6.21 Å². The van der Waals surface area contributed by atoms with Gasteiger partial charge in [0.15, 0.2) is 0 Å². The molecule has 0 aromatic rings. The lowest BCUT2D eigenvalue weighted by Gasteiger charge is -2.32. The van der Waals surface area contributed by atoms with Gasteiger partial charge in [-0.1, -0.05) is 55.4 Å². The molecule has 0 saturated heterocycles. The number of hydrogen-bond donors (Lipinski definition) is 1. The van der Waals surface area contributed by atoms with Crippen molar-refractivity contribution in [1.29, 1.82) is 0 Å². The Morgan fingerprint density at radius 1 is 1.19 bits per heavy atom. The molecule has 1 atom stereocenters. The summed E-state index contributed by atoms with van der Waals surface area (Å²) in [7, 11) is 0. The molecule has 1 rings (SSSR count). The van der Waals surface area contributed by atoms with Gasteiger partial charge in [0.25, 0.3) is 0 Å². The zero-order valence-corrected chi connectivity index (χ0v) is 17.0. The fraction of sp³-hybridized carbons (Fsp3) is 0.478. The first-order valence-electron chi connectivity index (χ1n) is 9.29. The molecule has 1 aliphatic carbocycles. The molecule has 0 aromatic carbocycles. The van der Waals surface area contributed by atoms with Gasteiger partial charge in [-0.25, -0.2) is 4.79 Å². The van der Waals surface area contributed by atoms with Crippen molar-refractivity contribution in [2.75, 3.05) is 0 Å². The second-order valence-corrected chi connectivity index (χ2v) is 7.76. The number of rotatable bonds is 7. The van der Waals surface area contributed by atoms with Gasteiger partial charge in [-0.3, -0.25) is 4.99 Å². The Morgan fingerprint density at radius 2 is 1.85 bits per heavy atom. The summed E-state index contributed by atoms with van der Waals surface area (Å²) in [6, 6.07) is -0.711. The minimum atomic E-state index is -0.917. The second kappa shape index (κ2) is 10.1. The topological polar surface area (TPSA) is 49.7 Å². The van der Waals surface area contributed by atoms with Gasteiger partial charge in [0.05, 0.1) is 0 Å². The lowest BCUT2D eigenvalue weighted by atomic mass is 9.72. The van der Waals surface area contributed by atoms with Crippen molar-refractivity contribution in [2.24, 2.45) is 10.4 Å². The van der Waals surface area contributed by atoms with E-state index < -0.39 is 12.0 Å². The van der Waals surface area contributed by atoms with Crippen LogP contribution in [0.15, 0.2) is 63.7 Å². The summed E-state index contributed by atoms with van der Waals surface area (Å²) in [4.78, 5) is 14.6.